The highest BCUT2D eigenvalue weighted by atomic mass is 16.3. The highest BCUT2D eigenvalue weighted by Crippen LogP contribution is 2.25. The number of rotatable bonds is 0. The first-order valence-corrected chi connectivity index (χ1v) is 6.03. The molecular formula is C16H9NO2. The summed E-state index contributed by atoms with van der Waals surface area (Å²) < 4.78 is 5.81. The fourth-order valence-electron chi connectivity index (χ4n) is 2.46. The van der Waals surface area contributed by atoms with Gasteiger partial charge in [-0.2, -0.15) is 0 Å². The Morgan fingerprint density at radius 1 is 0.895 bits per heavy atom. The molecule has 0 amide bonds. The Kier molecular flexibility index (Phi) is 1.97. The average Bonchev–Trinajstić information content (AvgIpc) is 2.47. The van der Waals surface area contributed by atoms with E-state index in [0.29, 0.717) is 21.9 Å². The fourth-order valence-corrected chi connectivity index (χ4v) is 2.46. The minimum absolute atomic E-state index is 0.00801. The first kappa shape index (κ1) is 10.3. The number of pyridine rings is 1. The number of nitrogens with zero attached hydrogens (tertiary/aromatic N) is 1. The number of benzene rings is 2. The van der Waals surface area contributed by atoms with Crippen molar-refractivity contribution in [3.8, 4) is 0 Å². The molecule has 2 aromatic carbocycles. The van der Waals surface area contributed by atoms with Crippen LogP contribution in [0.4, 0.5) is 0 Å². The molecule has 0 radical (unpaired) electrons. The summed E-state index contributed by atoms with van der Waals surface area (Å²) in [5, 5.41) is 3.06. The lowest BCUT2D eigenvalue weighted by molar-refractivity contribution is 0.660. The number of aromatic nitrogens is 1. The smallest absolute Gasteiger partial charge is 0.201 e. The number of hydrogen-bond donors (Lipinski definition) is 0. The van der Waals surface area contributed by atoms with E-state index in [1.54, 1.807) is 18.5 Å². The van der Waals surface area contributed by atoms with Gasteiger partial charge in [-0.15, -0.1) is 0 Å². The molecule has 4 aromatic rings. The molecular weight excluding hydrogens is 238 g/mol. The van der Waals surface area contributed by atoms with Crippen LogP contribution in [-0.4, -0.2) is 4.98 Å². The van der Waals surface area contributed by atoms with Gasteiger partial charge in [-0.1, -0.05) is 12.1 Å². The van der Waals surface area contributed by atoms with Crippen molar-refractivity contribution in [1.82, 2.24) is 4.98 Å². The highest BCUT2D eigenvalue weighted by Gasteiger charge is 2.10. The van der Waals surface area contributed by atoms with Gasteiger partial charge in [0, 0.05) is 17.8 Å². The van der Waals surface area contributed by atoms with E-state index in [0.717, 1.165) is 10.8 Å². The van der Waals surface area contributed by atoms with Crippen LogP contribution in [0.1, 0.15) is 0 Å². The first-order valence-electron chi connectivity index (χ1n) is 6.03. The van der Waals surface area contributed by atoms with Crippen LogP contribution in [0.2, 0.25) is 0 Å². The van der Waals surface area contributed by atoms with Crippen molar-refractivity contribution >= 4 is 32.7 Å². The van der Waals surface area contributed by atoms with E-state index in [4.69, 9.17) is 4.42 Å². The third kappa shape index (κ3) is 1.38. The fraction of sp³-hybridized carbons (Fsp3) is 0. The second kappa shape index (κ2) is 3.65. The minimum atomic E-state index is 0.00801. The van der Waals surface area contributed by atoms with Crippen LogP contribution >= 0.6 is 0 Å². The number of hydrogen-bond acceptors (Lipinski definition) is 3. The van der Waals surface area contributed by atoms with Crippen molar-refractivity contribution in [2.24, 2.45) is 0 Å². The Balaban J connectivity index is 2.37. The molecule has 19 heavy (non-hydrogen) atoms. The summed E-state index contributed by atoms with van der Waals surface area (Å²) in [6, 6.07) is 12.9. The molecule has 0 spiro atoms. The Morgan fingerprint density at radius 3 is 2.74 bits per heavy atom. The summed E-state index contributed by atoms with van der Waals surface area (Å²) in [5.74, 6) is 0. The molecule has 0 saturated carbocycles. The molecule has 4 rings (SSSR count). The van der Waals surface area contributed by atoms with Gasteiger partial charge in [0.2, 0.25) is 5.43 Å². The molecule has 0 N–H and O–H groups in total. The van der Waals surface area contributed by atoms with Crippen molar-refractivity contribution in [2.75, 3.05) is 0 Å². The quantitative estimate of drug-likeness (QED) is 0.353. The average molecular weight is 247 g/mol. The molecule has 0 bridgehead atoms. The highest BCUT2D eigenvalue weighted by molar-refractivity contribution is 6.07. The Morgan fingerprint density at radius 2 is 1.79 bits per heavy atom. The number of para-hydroxylation sites is 1. The number of fused-ring (bicyclic) bond motifs is 4. The monoisotopic (exact) mass is 247 g/mol. The minimum Gasteiger partial charge on any atom is -0.456 e. The molecule has 2 aromatic heterocycles. The van der Waals surface area contributed by atoms with Crippen LogP contribution in [-0.2, 0) is 0 Å². The normalized spacial score (nSPS) is 11.4. The lowest BCUT2D eigenvalue weighted by atomic mass is 10.1. The van der Waals surface area contributed by atoms with Crippen LogP contribution in [0.25, 0.3) is 32.7 Å². The Bertz CT molecular complexity index is 986. The zero-order valence-electron chi connectivity index (χ0n) is 9.96. The van der Waals surface area contributed by atoms with E-state index in [2.05, 4.69) is 4.98 Å². The summed E-state index contributed by atoms with van der Waals surface area (Å²) in [5.41, 5.74) is 1.24. The van der Waals surface area contributed by atoms with Crippen molar-refractivity contribution in [3.05, 3.63) is 65.1 Å². The molecule has 0 aliphatic carbocycles. The molecule has 0 aliphatic rings. The molecule has 3 heteroatoms. The van der Waals surface area contributed by atoms with Crippen molar-refractivity contribution in [1.29, 1.82) is 0 Å². The predicted molar refractivity (Wildman–Crippen MR) is 75.3 cm³/mol. The second-order valence-electron chi connectivity index (χ2n) is 4.46. The molecule has 0 aliphatic heterocycles. The molecule has 0 atom stereocenters. The molecule has 0 fully saturated rings. The van der Waals surface area contributed by atoms with Crippen molar-refractivity contribution < 1.29 is 4.42 Å². The largest absolute Gasteiger partial charge is 0.456 e. The predicted octanol–water partition coefficient (Wildman–Crippen LogP) is 3.49. The molecule has 3 nitrogen and oxygen atoms in total. The zero-order valence-corrected chi connectivity index (χ0v) is 9.96. The van der Waals surface area contributed by atoms with E-state index in [1.807, 2.05) is 36.4 Å². The topological polar surface area (TPSA) is 43.1 Å². The lowest BCUT2D eigenvalue weighted by Gasteiger charge is -2.04. The van der Waals surface area contributed by atoms with Gasteiger partial charge in [-0.05, 0) is 35.7 Å². The molecule has 0 unspecified atom stereocenters. The third-order valence-corrected chi connectivity index (χ3v) is 3.36. The van der Waals surface area contributed by atoms with E-state index < -0.39 is 0 Å². The second-order valence-corrected chi connectivity index (χ2v) is 4.46. The third-order valence-electron chi connectivity index (χ3n) is 3.36. The van der Waals surface area contributed by atoms with Gasteiger partial charge in [0.25, 0.3) is 0 Å². The van der Waals surface area contributed by atoms with Gasteiger partial charge in [-0.25, -0.2) is 0 Å². The summed E-state index contributed by atoms with van der Waals surface area (Å²) >= 11 is 0. The van der Waals surface area contributed by atoms with E-state index in [-0.39, 0.29) is 5.43 Å². The molecule has 0 saturated heterocycles. The van der Waals surface area contributed by atoms with Crippen LogP contribution in [0.15, 0.2) is 64.1 Å². The van der Waals surface area contributed by atoms with Crippen LogP contribution in [0.5, 0.6) is 0 Å². The van der Waals surface area contributed by atoms with Gasteiger partial charge in [0.15, 0.2) is 0 Å². The van der Waals surface area contributed by atoms with Crippen LogP contribution in [0.3, 0.4) is 0 Å². The standard InChI is InChI=1S/C16H9NO2/c18-16-12-3-1-2-4-13(12)19-14-6-5-10-9-17-8-7-11(10)15(14)16/h1-9H. The van der Waals surface area contributed by atoms with E-state index in [1.165, 1.54) is 0 Å². The maximum Gasteiger partial charge on any atom is 0.201 e. The molecule has 90 valence electrons. The summed E-state index contributed by atoms with van der Waals surface area (Å²) in [6.45, 7) is 0. The van der Waals surface area contributed by atoms with Gasteiger partial charge in [0.1, 0.15) is 11.2 Å². The lowest BCUT2D eigenvalue weighted by Crippen LogP contribution is -2.02. The van der Waals surface area contributed by atoms with Crippen LogP contribution in [0, 0.1) is 0 Å². The summed E-state index contributed by atoms with van der Waals surface area (Å²) in [7, 11) is 0. The maximum atomic E-state index is 12.6. The van der Waals surface area contributed by atoms with Crippen LogP contribution < -0.4 is 5.43 Å². The van der Waals surface area contributed by atoms with Gasteiger partial charge in [0.05, 0.1) is 10.8 Å². The van der Waals surface area contributed by atoms with Gasteiger partial charge >= 0.3 is 0 Å². The van der Waals surface area contributed by atoms with Crippen molar-refractivity contribution in [2.45, 2.75) is 0 Å². The van der Waals surface area contributed by atoms with E-state index >= 15 is 0 Å². The Hall–Kier alpha value is -2.68. The maximum absolute atomic E-state index is 12.6. The first-order chi connectivity index (χ1) is 9.34. The van der Waals surface area contributed by atoms with Crippen molar-refractivity contribution in [3.63, 3.8) is 0 Å². The molecule has 2 heterocycles. The summed E-state index contributed by atoms with van der Waals surface area (Å²) in [6.07, 6.45) is 3.44. The Labute approximate surface area is 108 Å². The van der Waals surface area contributed by atoms with Gasteiger partial charge in [-0.3, -0.25) is 9.78 Å². The van der Waals surface area contributed by atoms with Gasteiger partial charge < -0.3 is 4.42 Å². The zero-order chi connectivity index (χ0) is 12.8. The SMILES string of the molecule is O=c1c2ccccc2oc2ccc3cnccc3c12. The van der Waals surface area contributed by atoms with E-state index in [9.17, 15) is 4.79 Å². The summed E-state index contributed by atoms with van der Waals surface area (Å²) in [4.78, 5) is 16.7.